The van der Waals surface area contributed by atoms with Crippen molar-refractivity contribution < 1.29 is 4.79 Å². The van der Waals surface area contributed by atoms with Gasteiger partial charge in [-0.3, -0.25) is 9.89 Å². The molecule has 3 N–H and O–H groups in total. The first kappa shape index (κ1) is 9.83. The van der Waals surface area contributed by atoms with Crippen LogP contribution in [0.25, 0.3) is 0 Å². The molecule has 1 aliphatic rings. The number of carbonyl (C=O) groups is 1. The molecule has 0 bridgehead atoms. The Bertz CT molecular complexity index is 563. The second kappa shape index (κ2) is 3.58. The van der Waals surface area contributed by atoms with E-state index in [1.165, 1.54) is 6.33 Å². The molecule has 2 heterocycles. The van der Waals surface area contributed by atoms with Crippen LogP contribution in [-0.4, -0.2) is 27.6 Å². The molecule has 3 rings (SSSR count). The first-order valence-electron chi connectivity index (χ1n) is 5.32. The summed E-state index contributed by atoms with van der Waals surface area (Å²) >= 11 is 0. The third-order valence-corrected chi connectivity index (χ3v) is 2.89. The van der Waals surface area contributed by atoms with Gasteiger partial charge in [0.15, 0.2) is 0 Å². The SMILES string of the molecule is Nc1cccc2c1N(C(=O)c1ncn[nH]1)CC2. The van der Waals surface area contributed by atoms with E-state index in [0.717, 1.165) is 17.7 Å². The summed E-state index contributed by atoms with van der Waals surface area (Å²) in [5.74, 6) is 0.0419. The molecular formula is C11H11N5O. The number of nitrogen functional groups attached to an aromatic ring is 1. The minimum Gasteiger partial charge on any atom is -0.397 e. The Morgan fingerprint density at radius 1 is 1.47 bits per heavy atom. The molecule has 0 aliphatic carbocycles. The third kappa shape index (κ3) is 1.45. The van der Waals surface area contributed by atoms with Crippen LogP contribution in [-0.2, 0) is 6.42 Å². The van der Waals surface area contributed by atoms with Crippen molar-refractivity contribution in [2.45, 2.75) is 6.42 Å². The lowest BCUT2D eigenvalue weighted by Crippen LogP contribution is -2.30. The molecule has 86 valence electrons. The van der Waals surface area contributed by atoms with Gasteiger partial charge < -0.3 is 10.6 Å². The van der Waals surface area contributed by atoms with Crippen LogP contribution in [0, 0.1) is 0 Å². The molecule has 0 atom stereocenters. The quantitative estimate of drug-likeness (QED) is 0.700. The predicted octanol–water partition coefficient (Wildman–Crippen LogP) is 0.590. The number of anilines is 2. The Kier molecular flexibility index (Phi) is 2.07. The van der Waals surface area contributed by atoms with Crippen molar-refractivity contribution in [1.82, 2.24) is 15.2 Å². The van der Waals surface area contributed by atoms with Crippen molar-refractivity contribution in [3.63, 3.8) is 0 Å². The monoisotopic (exact) mass is 229 g/mol. The number of nitrogens with one attached hydrogen (secondary N) is 1. The van der Waals surface area contributed by atoms with Gasteiger partial charge in [-0.15, -0.1) is 0 Å². The second-order valence-corrected chi connectivity index (χ2v) is 3.90. The number of H-pyrrole nitrogens is 1. The number of aromatic amines is 1. The molecule has 1 amide bonds. The van der Waals surface area contributed by atoms with Gasteiger partial charge in [-0.25, -0.2) is 4.98 Å². The summed E-state index contributed by atoms with van der Waals surface area (Å²) < 4.78 is 0. The molecule has 6 nitrogen and oxygen atoms in total. The Morgan fingerprint density at radius 2 is 2.35 bits per heavy atom. The average Bonchev–Trinajstić information content (AvgIpc) is 2.98. The van der Waals surface area contributed by atoms with Crippen molar-refractivity contribution in [2.75, 3.05) is 17.2 Å². The fraction of sp³-hybridized carbons (Fsp3) is 0.182. The van der Waals surface area contributed by atoms with Gasteiger partial charge in [0.05, 0.1) is 11.4 Å². The number of hydrogen-bond acceptors (Lipinski definition) is 4. The molecule has 0 saturated heterocycles. The number of para-hydroxylation sites is 1. The number of rotatable bonds is 1. The predicted molar refractivity (Wildman–Crippen MR) is 62.6 cm³/mol. The van der Waals surface area contributed by atoms with Gasteiger partial charge in [-0.1, -0.05) is 12.1 Å². The number of benzene rings is 1. The Hall–Kier alpha value is -2.37. The maximum atomic E-state index is 12.2. The van der Waals surface area contributed by atoms with Crippen LogP contribution in [0.15, 0.2) is 24.5 Å². The Morgan fingerprint density at radius 3 is 3.12 bits per heavy atom. The van der Waals surface area contributed by atoms with Crippen LogP contribution in [0.1, 0.15) is 16.2 Å². The Labute approximate surface area is 97.5 Å². The van der Waals surface area contributed by atoms with E-state index in [-0.39, 0.29) is 11.7 Å². The normalized spacial score (nSPS) is 13.8. The summed E-state index contributed by atoms with van der Waals surface area (Å²) in [6, 6.07) is 5.68. The molecular weight excluding hydrogens is 218 g/mol. The summed E-state index contributed by atoms with van der Waals surface area (Å²) in [5.41, 5.74) is 8.43. The zero-order valence-electron chi connectivity index (χ0n) is 9.05. The van der Waals surface area contributed by atoms with Crippen molar-refractivity contribution in [3.05, 3.63) is 35.9 Å². The number of hydrogen-bond donors (Lipinski definition) is 2. The minimum atomic E-state index is -0.195. The highest BCUT2D eigenvalue weighted by atomic mass is 16.2. The zero-order valence-corrected chi connectivity index (χ0v) is 9.05. The Balaban J connectivity index is 2.02. The lowest BCUT2D eigenvalue weighted by atomic mass is 10.1. The lowest BCUT2D eigenvalue weighted by Gasteiger charge is -2.17. The highest BCUT2D eigenvalue weighted by molar-refractivity contribution is 6.06. The molecule has 1 aromatic heterocycles. The number of amides is 1. The highest BCUT2D eigenvalue weighted by Gasteiger charge is 2.28. The molecule has 6 heteroatoms. The van der Waals surface area contributed by atoms with Gasteiger partial charge in [-0.05, 0) is 18.1 Å². The van der Waals surface area contributed by atoms with E-state index < -0.39 is 0 Å². The largest absolute Gasteiger partial charge is 0.397 e. The fourth-order valence-corrected chi connectivity index (χ4v) is 2.13. The summed E-state index contributed by atoms with van der Waals surface area (Å²) in [6.45, 7) is 0.628. The average molecular weight is 229 g/mol. The maximum Gasteiger partial charge on any atom is 0.295 e. The molecule has 1 aromatic carbocycles. The first-order valence-corrected chi connectivity index (χ1v) is 5.32. The molecule has 0 fully saturated rings. The highest BCUT2D eigenvalue weighted by Crippen LogP contribution is 2.34. The van der Waals surface area contributed by atoms with Gasteiger partial charge in [0.25, 0.3) is 5.91 Å². The number of nitrogens with zero attached hydrogens (tertiary/aromatic N) is 3. The van der Waals surface area contributed by atoms with Gasteiger partial charge in [0.2, 0.25) is 5.82 Å². The van der Waals surface area contributed by atoms with E-state index in [1.54, 1.807) is 11.0 Å². The lowest BCUT2D eigenvalue weighted by molar-refractivity contribution is 0.0980. The molecule has 0 spiro atoms. The topological polar surface area (TPSA) is 87.9 Å². The van der Waals surface area contributed by atoms with Crippen LogP contribution in [0.5, 0.6) is 0 Å². The van der Waals surface area contributed by atoms with Crippen molar-refractivity contribution in [2.24, 2.45) is 0 Å². The molecule has 2 aromatic rings. The van der Waals surface area contributed by atoms with E-state index in [0.29, 0.717) is 12.2 Å². The molecule has 17 heavy (non-hydrogen) atoms. The third-order valence-electron chi connectivity index (χ3n) is 2.89. The van der Waals surface area contributed by atoms with Crippen molar-refractivity contribution in [3.8, 4) is 0 Å². The van der Waals surface area contributed by atoms with E-state index in [2.05, 4.69) is 15.2 Å². The fourth-order valence-electron chi connectivity index (χ4n) is 2.13. The molecule has 0 unspecified atom stereocenters. The van der Waals surface area contributed by atoms with Crippen LogP contribution < -0.4 is 10.6 Å². The van der Waals surface area contributed by atoms with Gasteiger partial charge in [-0.2, -0.15) is 5.10 Å². The van der Waals surface area contributed by atoms with E-state index >= 15 is 0 Å². The maximum absolute atomic E-state index is 12.2. The van der Waals surface area contributed by atoms with Crippen LogP contribution in [0.3, 0.4) is 0 Å². The molecule has 0 saturated carbocycles. The smallest absolute Gasteiger partial charge is 0.295 e. The zero-order chi connectivity index (χ0) is 11.8. The van der Waals surface area contributed by atoms with E-state index in [1.807, 2.05) is 12.1 Å². The van der Waals surface area contributed by atoms with E-state index in [9.17, 15) is 4.79 Å². The van der Waals surface area contributed by atoms with Crippen LogP contribution >= 0.6 is 0 Å². The summed E-state index contributed by atoms with van der Waals surface area (Å²) in [4.78, 5) is 17.7. The van der Waals surface area contributed by atoms with Crippen LogP contribution in [0.2, 0.25) is 0 Å². The van der Waals surface area contributed by atoms with Gasteiger partial charge in [0.1, 0.15) is 6.33 Å². The minimum absolute atomic E-state index is 0.195. The molecule has 1 aliphatic heterocycles. The van der Waals surface area contributed by atoms with Crippen molar-refractivity contribution >= 4 is 17.3 Å². The summed E-state index contributed by atoms with van der Waals surface area (Å²) in [6.07, 6.45) is 2.14. The number of carbonyl (C=O) groups excluding carboxylic acids is 1. The van der Waals surface area contributed by atoms with Crippen molar-refractivity contribution in [1.29, 1.82) is 0 Å². The first-order chi connectivity index (χ1) is 8.27. The second-order valence-electron chi connectivity index (χ2n) is 3.90. The number of fused-ring (bicyclic) bond motifs is 1. The van der Waals surface area contributed by atoms with Crippen LogP contribution in [0.4, 0.5) is 11.4 Å². The van der Waals surface area contributed by atoms with Gasteiger partial charge in [0, 0.05) is 6.54 Å². The van der Waals surface area contributed by atoms with Gasteiger partial charge >= 0.3 is 0 Å². The summed E-state index contributed by atoms with van der Waals surface area (Å²) in [7, 11) is 0. The number of aromatic nitrogens is 3. The summed E-state index contributed by atoms with van der Waals surface area (Å²) in [5, 5.41) is 6.25. The van der Waals surface area contributed by atoms with E-state index in [4.69, 9.17) is 5.73 Å². The standard InChI is InChI=1S/C11H11N5O/c12-8-3-1-2-7-4-5-16(9(7)8)11(17)10-13-6-14-15-10/h1-3,6H,4-5,12H2,(H,13,14,15). The number of nitrogens with two attached hydrogens (primary N) is 1. The molecule has 0 radical (unpaired) electrons.